The van der Waals surface area contributed by atoms with Gasteiger partial charge in [0.1, 0.15) is 5.69 Å². The van der Waals surface area contributed by atoms with Gasteiger partial charge in [-0.15, -0.1) is 4.28 Å². The normalized spacial score (nSPS) is 18.5. The van der Waals surface area contributed by atoms with Crippen molar-refractivity contribution in [3.63, 3.8) is 0 Å². The quantitative estimate of drug-likeness (QED) is 0.100. The molecular formula is C19H24N6O10S2. The van der Waals surface area contributed by atoms with Crippen LogP contribution in [0.3, 0.4) is 0 Å². The molecule has 0 spiro atoms. The third-order valence-electron chi connectivity index (χ3n) is 5.55. The van der Waals surface area contributed by atoms with E-state index in [0.29, 0.717) is 9.79 Å². The second kappa shape index (κ2) is 10.0. The summed E-state index contributed by atoms with van der Waals surface area (Å²) in [6.45, 7) is 6.20. The number of carbonyl (C=O) groups is 2. The fourth-order valence-electron chi connectivity index (χ4n) is 3.56. The zero-order valence-electron chi connectivity index (χ0n) is 19.9. The number of rotatable bonds is 10. The van der Waals surface area contributed by atoms with E-state index in [2.05, 4.69) is 18.8 Å². The first-order chi connectivity index (χ1) is 17.0. The maximum Gasteiger partial charge on any atom is 0.418 e. The molecule has 2 aromatic heterocycles. The predicted octanol–water partition coefficient (Wildman–Crippen LogP) is 0.274. The van der Waals surface area contributed by atoms with Crippen molar-refractivity contribution in [3.05, 3.63) is 34.0 Å². The summed E-state index contributed by atoms with van der Waals surface area (Å²) in [5.74, 6) is -4.04. The zero-order chi connectivity index (χ0) is 27.9. The highest BCUT2D eigenvalue weighted by Crippen LogP contribution is 2.40. The van der Waals surface area contributed by atoms with Crippen LogP contribution in [0.25, 0.3) is 0 Å². The molecule has 18 heteroatoms. The summed E-state index contributed by atoms with van der Waals surface area (Å²) in [4.78, 5) is 47.0. The van der Waals surface area contributed by atoms with E-state index in [-0.39, 0.29) is 16.6 Å². The number of hydrogen-bond acceptors (Lipinski definition) is 14. The third-order valence-corrected chi connectivity index (χ3v) is 6.43. The summed E-state index contributed by atoms with van der Waals surface area (Å²) in [6, 6.07) is 0.940. The van der Waals surface area contributed by atoms with E-state index < -0.39 is 68.9 Å². The van der Waals surface area contributed by atoms with Crippen LogP contribution in [0.2, 0.25) is 0 Å². The largest absolute Gasteiger partial charge is 0.503 e. The molecule has 16 nitrogen and oxygen atoms in total. The number of nitrogens with zero attached hydrogens (tertiary/aromatic N) is 5. The first-order valence-corrected chi connectivity index (χ1v) is 12.7. The third kappa shape index (κ3) is 5.87. The van der Waals surface area contributed by atoms with E-state index in [4.69, 9.17) is 15.1 Å². The fourth-order valence-corrected chi connectivity index (χ4v) is 4.45. The minimum atomic E-state index is -4.98. The average Bonchev–Trinajstić information content (AvgIpc) is 3.21. The van der Waals surface area contributed by atoms with Crippen LogP contribution in [-0.4, -0.2) is 65.4 Å². The Hall–Kier alpha value is -3.61. The summed E-state index contributed by atoms with van der Waals surface area (Å²) >= 11 is 0.764. The second-order valence-corrected chi connectivity index (χ2v) is 10.7. The van der Waals surface area contributed by atoms with Gasteiger partial charge >= 0.3 is 10.4 Å². The first kappa shape index (κ1) is 28.0. The number of amides is 1. The molecular weight excluding hydrogens is 536 g/mol. The summed E-state index contributed by atoms with van der Waals surface area (Å²) < 4.78 is 39.7. The highest BCUT2D eigenvalue weighted by Gasteiger charge is 2.57. The molecule has 2 aromatic rings. The number of β-lactam (4-membered cyclic amide) rings is 1. The Balaban J connectivity index is 1.92. The molecule has 1 aliphatic rings. The van der Waals surface area contributed by atoms with Crippen molar-refractivity contribution in [2.45, 2.75) is 45.8 Å². The molecule has 0 aromatic carbocycles. The molecule has 3 rings (SSSR count). The number of aromatic nitrogens is 3. The molecule has 0 bridgehead atoms. The monoisotopic (exact) mass is 560 g/mol. The van der Waals surface area contributed by atoms with Crippen LogP contribution in [0, 0.1) is 11.8 Å². The van der Waals surface area contributed by atoms with E-state index in [9.17, 15) is 33.1 Å². The molecule has 1 amide bonds. The molecule has 37 heavy (non-hydrogen) atoms. The molecule has 202 valence electrons. The number of Topliss-reactive ketones (excluding diaryl/α,β-unsaturated/α-hetero) is 1. The summed E-state index contributed by atoms with van der Waals surface area (Å²) in [5.41, 5.74) is 3.03. The number of anilines is 1. The molecule has 1 aliphatic heterocycles. The van der Waals surface area contributed by atoms with Crippen LogP contribution in [0.5, 0.6) is 5.75 Å². The molecule has 2 atom stereocenters. The summed E-state index contributed by atoms with van der Waals surface area (Å²) in [6.07, 6.45) is -0.800. The highest BCUT2D eigenvalue weighted by atomic mass is 32.3. The van der Waals surface area contributed by atoms with Crippen molar-refractivity contribution in [1.29, 1.82) is 0 Å². The molecule has 0 radical (unpaired) electrons. The van der Waals surface area contributed by atoms with Gasteiger partial charge in [0.2, 0.25) is 11.3 Å². The molecule has 0 saturated carbocycles. The van der Waals surface area contributed by atoms with E-state index in [1.165, 1.54) is 13.8 Å². The van der Waals surface area contributed by atoms with Crippen molar-refractivity contribution in [1.82, 2.24) is 19.2 Å². The number of aromatic hydroxyl groups is 1. The smallest absolute Gasteiger partial charge is 0.418 e. The van der Waals surface area contributed by atoms with Crippen molar-refractivity contribution in [2.75, 3.05) is 5.73 Å². The number of pyridine rings is 1. The Morgan fingerprint density at radius 1 is 1.35 bits per heavy atom. The van der Waals surface area contributed by atoms with Gasteiger partial charge in [-0.2, -0.15) is 27.6 Å². The molecule has 1 fully saturated rings. The van der Waals surface area contributed by atoms with Gasteiger partial charge in [0.25, 0.3) is 5.91 Å². The van der Waals surface area contributed by atoms with E-state index in [1.54, 1.807) is 13.8 Å². The van der Waals surface area contributed by atoms with Gasteiger partial charge in [0.05, 0.1) is 17.7 Å². The standard InChI is InChI=1S/C19H24N6O10S2/c1-8(2)15(10-6-11(26)13(28)7-24(10)30)34-22-14(16-21-18(20)36-23-16)12(27)5-9-17(29)25(19(9,3)4)35-37(31,32)33/h6-9,15,28,30H,5H2,1-4H3,(H2,20,21,23)(H,31,32,33)/b22-14+/t9-,15-/m1/s1. The van der Waals surface area contributed by atoms with Crippen LogP contribution in [-0.2, 0) is 29.1 Å². The van der Waals surface area contributed by atoms with Crippen LogP contribution in [0.15, 0.2) is 22.2 Å². The van der Waals surface area contributed by atoms with E-state index >= 15 is 0 Å². The number of carbonyl (C=O) groups excluding carboxylic acids is 2. The van der Waals surface area contributed by atoms with Gasteiger partial charge in [-0.25, -0.2) is 0 Å². The highest BCUT2D eigenvalue weighted by molar-refractivity contribution is 7.80. The number of hydrogen-bond donors (Lipinski definition) is 4. The van der Waals surface area contributed by atoms with Crippen molar-refractivity contribution >= 4 is 44.5 Å². The molecule has 1 saturated heterocycles. The SMILES string of the molecule is CC(C)[C@@H](O/N=C(\C(=O)C[C@@H]1C(=O)N(OS(=O)(=O)O)C1(C)C)c1nsc(N)n1)c1cc(=O)c(O)cn1O. The van der Waals surface area contributed by atoms with Crippen LogP contribution < -0.4 is 11.2 Å². The summed E-state index contributed by atoms with van der Waals surface area (Å²) in [5, 5.41) is 24.0. The maximum atomic E-state index is 13.2. The Morgan fingerprint density at radius 3 is 2.51 bits per heavy atom. The second-order valence-electron chi connectivity index (χ2n) is 8.93. The topological polar surface area (TPSA) is 237 Å². The number of hydroxylamine groups is 2. The molecule has 0 aliphatic carbocycles. The average molecular weight is 561 g/mol. The van der Waals surface area contributed by atoms with Gasteiger partial charge in [-0.1, -0.05) is 19.0 Å². The minimum Gasteiger partial charge on any atom is -0.503 e. The number of oxime groups is 1. The van der Waals surface area contributed by atoms with Gasteiger partial charge < -0.3 is 20.9 Å². The number of nitrogen functional groups attached to an aromatic ring is 1. The number of ketones is 1. The van der Waals surface area contributed by atoms with Crippen LogP contribution >= 0.6 is 11.5 Å². The number of nitrogens with two attached hydrogens (primary N) is 1. The van der Waals surface area contributed by atoms with Crippen LogP contribution in [0.4, 0.5) is 5.13 Å². The Labute approximate surface area is 214 Å². The minimum absolute atomic E-state index is 0.00594. The van der Waals surface area contributed by atoms with Gasteiger partial charge in [0.15, 0.2) is 28.5 Å². The van der Waals surface area contributed by atoms with E-state index in [1.807, 2.05) is 0 Å². The van der Waals surface area contributed by atoms with Crippen molar-refractivity contribution in [3.8, 4) is 5.75 Å². The fraction of sp³-hybridized carbons (Fsp3) is 0.474. The lowest BCUT2D eigenvalue weighted by Gasteiger charge is -2.50. The predicted molar refractivity (Wildman–Crippen MR) is 126 cm³/mol. The Bertz CT molecular complexity index is 1410. The Morgan fingerprint density at radius 2 is 2.00 bits per heavy atom. The molecule has 3 heterocycles. The van der Waals surface area contributed by atoms with Crippen molar-refractivity contribution < 1.29 is 42.0 Å². The lowest BCUT2D eigenvalue weighted by Crippen LogP contribution is -2.68. The maximum absolute atomic E-state index is 13.2. The Kier molecular flexibility index (Phi) is 7.59. The lowest BCUT2D eigenvalue weighted by atomic mass is 9.75. The molecule has 5 N–H and O–H groups in total. The van der Waals surface area contributed by atoms with E-state index in [0.717, 1.165) is 23.8 Å². The van der Waals surface area contributed by atoms with Crippen molar-refractivity contribution in [2.24, 2.45) is 17.0 Å². The van der Waals surface area contributed by atoms with Gasteiger partial charge in [-0.05, 0) is 19.8 Å². The summed E-state index contributed by atoms with van der Waals surface area (Å²) in [7, 11) is -4.98. The molecule has 0 unspecified atom stereocenters. The van der Waals surface area contributed by atoms with Crippen LogP contribution in [0.1, 0.15) is 51.7 Å². The van der Waals surface area contributed by atoms with Gasteiger partial charge in [0, 0.05) is 24.0 Å². The first-order valence-electron chi connectivity index (χ1n) is 10.6. The van der Waals surface area contributed by atoms with Gasteiger partial charge in [-0.3, -0.25) is 18.9 Å². The lowest BCUT2D eigenvalue weighted by molar-refractivity contribution is -0.228. The zero-order valence-corrected chi connectivity index (χ0v) is 21.6.